The van der Waals surface area contributed by atoms with Gasteiger partial charge in [0, 0.05) is 49.2 Å². The van der Waals surface area contributed by atoms with Gasteiger partial charge in [0.25, 0.3) is 5.91 Å². The van der Waals surface area contributed by atoms with E-state index in [1.807, 2.05) is 60.1 Å². The van der Waals surface area contributed by atoms with Gasteiger partial charge >= 0.3 is 0 Å². The van der Waals surface area contributed by atoms with E-state index >= 15 is 0 Å². The number of rotatable bonds is 2. The summed E-state index contributed by atoms with van der Waals surface area (Å²) in [6.07, 6.45) is 8.11. The van der Waals surface area contributed by atoms with E-state index < -0.39 is 0 Å². The summed E-state index contributed by atoms with van der Waals surface area (Å²) in [5.74, 6) is 0.931. The van der Waals surface area contributed by atoms with Gasteiger partial charge in [-0.25, -0.2) is 9.97 Å². The van der Waals surface area contributed by atoms with E-state index in [-0.39, 0.29) is 11.3 Å². The highest BCUT2D eigenvalue weighted by Crippen LogP contribution is 2.44. The molecule has 1 fully saturated rings. The number of carbonyl (C=O) groups excluding carboxylic acids is 1. The van der Waals surface area contributed by atoms with Crippen molar-refractivity contribution in [2.45, 2.75) is 38.0 Å². The van der Waals surface area contributed by atoms with Gasteiger partial charge in [-0.2, -0.15) is 0 Å². The number of piperidine rings is 1. The highest BCUT2D eigenvalue weighted by Gasteiger charge is 2.45. The SMILES string of the molecule is Cc1c(C(=O)N2CCCC3(CCc4cnc(-c5ccccc5)nc43)C2)ccn1C. The van der Waals surface area contributed by atoms with Crippen LogP contribution in [0, 0.1) is 6.92 Å². The lowest BCUT2D eigenvalue weighted by Crippen LogP contribution is -2.48. The summed E-state index contributed by atoms with van der Waals surface area (Å²) in [7, 11) is 1.99. The van der Waals surface area contributed by atoms with Crippen LogP contribution in [0.3, 0.4) is 0 Å². The minimum absolute atomic E-state index is 0.0433. The number of hydrogen-bond donors (Lipinski definition) is 0. The number of fused-ring (bicyclic) bond motifs is 2. The zero-order valence-electron chi connectivity index (χ0n) is 17.1. The van der Waals surface area contributed by atoms with Crippen molar-refractivity contribution < 1.29 is 4.79 Å². The average molecular weight is 386 g/mol. The molecule has 1 spiro atoms. The Bertz CT molecular complexity index is 1070. The van der Waals surface area contributed by atoms with Crippen LogP contribution in [0.1, 0.15) is 46.6 Å². The van der Waals surface area contributed by atoms with Crippen molar-refractivity contribution in [2.24, 2.45) is 7.05 Å². The molecule has 148 valence electrons. The molecule has 3 aromatic rings. The average Bonchev–Trinajstić information content (AvgIpc) is 3.28. The lowest BCUT2D eigenvalue weighted by Gasteiger charge is -2.40. The van der Waals surface area contributed by atoms with Crippen molar-refractivity contribution >= 4 is 5.91 Å². The van der Waals surface area contributed by atoms with Gasteiger partial charge < -0.3 is 9.47 Å². The molecule has 5 nitrogen and oxygen atoms in total. The van der Waals surface area contributed by atoms with E-state index in [0.29, 0.717) is 0 Å². The van der Waals surface area contributed by atoms with Crippen LogP contribution >= 0.6 is 0 Å². The third kappa shape index (κ3) is 2.96. The predicted molar refractivity (Wildman–Crippen MR) is 113 cm³/mol. The Morgan fingerprint density at radius 3 is 2.72 bits per heavy atom. The summed E-state index contributed by atoms with van der Waals surface area (Å²) < 4.78 is 2.01. The third-order valence-electron chi connectivity index (χ3n) is 6.75. The van der Waals surface area contributed by atoms with Gasteiger partial charge in [0.2, 0.25) is 0 Å². The summed E-state index contributed by atoms with van der Waals surface area (Å²) in [5, 5.41) is 0. The van der Waals surface area contributed by atoms with Gasteiger partial charge in [0.1, 0.15) is 0 Å². The molecule has 0 bridgehead atoms. The molecule has 29 heavy (non-hydrogen) atoms. The predicted octanol–water partition coefficient (Wildman–Crippen LogP) is 3.91. The van der Waals surface area contributed by atoms with Crippen LogP contribution < -0.4 is 0 Å². The van der Waals surface area contributed by atoms with E-state index in [1.165, 1.54) is 5.56 Å². The van der Waals surface area contributed by atoms with Crippen LogP contribution in [0.15, 0.2) is 48.8 Å². The molecular weight excluding hydrogens is 360 g/mol. The topological polar surface area (TPSA) is 51.0 Å². The molecule has 1 amide bonds. The first-order chi connectivity index (χ1) is 14.1. The normalized spacial score (nSPS) is 20.8. The van der Waals surface area contributed by atoms with Crippen LogP contribution in [-0.4, -0.2) is 38.4 Å². The Morgan fingerprint density at radius 2 is 1.97 bits per heavy atom. The standard InChI is InChI=1S/C24H26N4O/c1-17-20(10-14-27(17)2)23(29)28-13-6-11-24(16-28)12-9-19-15-25-22(26-21(19)24)18-7-4-3-5-8-18/h3-5,7-8,10,14-15H,6,9,11-13,16H2,1-2H3. The molecule has 0 N–H and O–H groups in total. The number of likely N-dealkylation sites (tertiary alicyclic amines) is 1. The van der Waals surface area contributed by atoms with Gasteiger partial charge in [-0.05, 0) is 44.2 Å². The Balaban J connectivity index is 1.48. The van der Waals surface area contributed by atoms with E-state index in [0.717, 1.165) is 67.1 Å². The van der Waals surface area contributed by atoms with Gasteiger partial charge in [-0.3, -0.25) is 4.79 Å². The molecule has 1 saturated heterocycles. The van der Waals surface area contributed by atoms with Crippen LogP contribution in [0.25, 0.3) is 11.4 Å². The summed E-state index contributed by atoms with van der Waals surface area (Å²) in [6.45, 7) is 3.58. The molecule has 2 aromatic heterocycles. The molecular formula is C24H26N4O. The summed E-state index contributed by atoms with van der Waals surface area (Å²) in [4.78, 5) is 25.0. The zero-order chi connectivity index (χ0) is 20.0. The first-order valence-electron chi connectivity index (χ1n) is 10.4. The van der Waals surface area contributed by atoms with Gasteiger partial charge in [-0.1, -0.05) is 30.3 Å². The van der Waals surface area contributed by atoms with Crippen LogP contribution in [0.4, 0.5) is 0 Å². The number of amides is 1. The lowest BCUT2D eigenvalue weighted by atomic mass is 9.77. The highest BCUT2D eigenvalue weighted by molar-refractivity contribution is 5.95. The smallest absolute Gasteiger partial charge is 0.255 e. The van der Waals surface area contributed by atoms with Crippen molar-refractivity contribution in [3.8, 4) is 11.4 Å². The third-order valence-corrected chi connectivity index (χ3v) is 6.75. The number of hydrogen-bond acceptors (Lipinski definition) is 3. The summed E-state index contributed by atoms with van der Waals surface area (Å²) in [6, 6.07) is 12.1. The van der Waals surface area contributed by atoms with Crippen molar-refractivity contribution in [2.75, 3.05) is 13.1 Å². The monoisotopic (exact) mass is 386 g/mol. The van der Waals surface area contributed by atoms with Crippen LogP contribution in [-0.2, 0) is 18.9 Å². The zero-order valence-corrected chi connectivity index (χ0v) is 17.1. The molecule has 1 atom stereocenters. The van der Waals surface area contributed by atoms with Crippen LogP contribution in [0.2, 0.25) is 0 Å². The first kappa shape index (κ1) is 18.1. The molecule has 0 radical (unpaired) electrons. The summed E-state index contributed by atoms with van der Waals surface area (Å²) in [5.41, 5.74) is 5.24. The summed E-state index contributed by atoms with van der Waals surface area (Å²) >= 11 is 0. The van der Waals surface area contributed by atoms with Crippen molar-refractivity contribution in [3.05, 3.63) is 71.3 Å². The van der Waals surface area contributed by atoms with E-state index in [9.17, 15) is 4.79 Å². The van der Waals surface area contributed by atoms with Crippen molar-refractivity contribution in [1.82, 2.24) is 19.4 Å². The van der Waals surface area contributed by atoms with Gasteiger partial charge in [0.15, 0.2) is 5.82 Å². The Kier molecular flexibility index (Phi) is 4.26. The van der Waals surface area contributed by atoms with E-state index in [4.69, 9.17) is 4.98 Å². The first-order valence-corrected chi connectivity index (χ1v) is 10.4. The Hall–Kier alpha value is -2.95. The fourth-order valence-corrected chi connectivity index (χ4v) is 4.98. The molecule has 1 aliphatic carbocycles. The maximum absolute atomic E-state index is 13.3. The van der Waals surface area contributed by atoms with Crippen molar-refractivity contribution in [3.63, 3.8) is 0 Å². The van der Waals surface area contributed by atoms with Crippen LogP contribution in [0.5, 0.6) is 0 Å². The quantitative estimate of drug-likeness (QED) is 0.671. The minimum atomic E-state index is -0.0433. The molecule has 1 aliphatic heterocycles. The Morgan fingerprint density at radius 1 is 1.14 bits per heavy atom. The van der Waals surface area contributed by atoms with Gasteiger partial charge in [0.05, 0.1) is 11.3 Å². The molecule has 5 rings (SSSR count). The fraction of sp³-hybridized carbons (Fsp3) is 0.375. The van der Waals surface area contributed by atoms with Crippen molar-refractivity contribution in [1.29, 1.82) is 0 Å². The van der Waals surface area contributed by atoms with E-state index in [2.05, 4.69) is 17.1 Å². The largest absolute Gasteiger partial charge is 0.354 e. The minimum Gasteiger partial charge on any atom is -0.354 e. The molecule has 1 unspecified atom stereocenters. The molecule has 0 saturated carbocycles. The van der Waals surface area contributed by atoms with Gasteiger partial charge in [-0.15, -0.1) is 0 Å². The lowest BCUT2D eigenvalue weighted by molar-refractivity contribution is 0.0632. The molecule has 2 aliphatic rings. The highest BCUT2D eigenvalue weighted by atomic mass is 16.2. The number of aryl methyl sites for hydroxylation is 2. The number of nitrogens with zero attached hydrogens (tertiary/aromatic N) is 4. The Labute approximate surface area is 171 Å². The second-order valence-corrected chi connectivity index (χ2v) is 8.47. The maximum atomic E-state index is 13.3. The molecule has 3 heterocycles. The molecule has 1 aromatic carbocycles. The number of aromatic nitrogens is 3. The maximum Gasteiger partial charge on any atom is 0.255 e. The second kappa shape index (κ2) is 6.83. The molecule has 5 heteroatoms. The number of benzene rings is 1. The fourth-order valence-electron chi connectivity index (χ4n) is 4.98. The van der Waals surface area contributed by atoms with E-state index in [1.54, 1.807) is 0 Å². The number of carbonyl (C=O) groups is 1. The second-order valence-electron chi connectivity index (χ2n) is 8.47.